The summed E-state index contributed by atoms with van der Waals surface area (Å²) in [6, 6.07) is 0. The molecular formula is C18H36N2O2. The molecule has 0 bridgehead atoms. The topological polar surface area (TPSA) is 55.0 Å². The van der Waals surface area contributed by atoms with Gasteiger partial charge in [0.05, 0.1) is 22.2 Å². The lowest BCUT2D eigenvalue weighted by Gasteiger charge is -2.59. The van der Waals surface area contributed by atoms with Crippen LogP contribution < -0.4 is 10.1 Å². The summed E-state index contributed by atoms with van der Waals surface area (Å²) in [4.78, 5) is 0. The van der Waals surface area contributed by atoms with Crippen LogP contribution in [0.5, 0.6) is 0 Å². The summed E-state index contributed by atoms with van der Waals surface area (Å²) in [5.74, 6) is 1.10. The maximum absolute atomic E-state index is 12.6. The lowest BCUT2D eigenvalue weighted by atomic mass is 9.63. The maximum Gasteiger partial charge on any atom is 0.0923 e. The molecule has 0 atom stereocenters. The summed E-state index contributed by atoms with van der Waals surface area (Å²) in [6.45, 7) is 16.8. The first-order chi connectivity index (χ1) is 9.69. The second kappa shape index (κ2) is 5.17. The van der Waals surface area contributed by atoms with E-state index in [-0.39, 0.29) is 22.2 Å². The molecule has 2 fully saturated rings. The average molecular weight is 312 g/mol. The Balaban J connectivity index is 2.25. The van der Waals surface area contributed by atoms with Crippen LogP contribution in [0.2, 0.25) is 0 Å². The van der Waals surface area contributed by atoms with Crippen LogP contribution in [0.15, 0.2) is 0 Å². The minimum atomic E-state index is -0.234. The van der Waals surface area contributed by atoms with Crippen LogP contribution in [0.1, 0.15) is 81.1 Å². The van der Waals surface area contributed by atoms with E-state index in [0.717, 1.165) is 25.7 Å². The standard InChI is InChI=1S/C18H36N2O2/c1-15(2)9-13(10-16(3,4)19(15)21)14-11-17(5,6)20(22)18(7,8)12-14/h13-14,19-20H,9-12H2,1-8H3. The van der Waals surface area contributed by atoms with Crippen LogP contribution in [-0.4, -0.2) is 22.2 Å². The first kappa shape index (κ1) is 18.2. The number of nitrogens with one attached hydrogen (secondary N) is 2. The fourth-order valence-electron chi connectivity index (χ4n) is 5.64. The smallest absolute Gasteiger partial charge is 0.0923 e. The Morgan fingerprint density at radius 2 is 0.727 bits per heavy atom. The van der Waals surface area contributed by atoms with Crippen LogP contribution in [0.3, 0.4) is 0 Å². The number of hydrogen-bond acceptors (Lipinski definition) is 2. The minimum Gasteiger partial charge on any atom is -0.634 e. The zero-order valence-electron chi connectivity index (χ0n) is 15.8. The SMILES string of the molecule is CC1(C)CC(C2CC(C)(C)[NH+]([O-])C(C)(C)C2)CC(C)(C)[NH+]1[O-]. The number of hydroxylamine groups is 4. The average Bonchev–Trinajstić information content (AvgIpc) is 2.31. The van der Waals surface area contributed by atoms with Gasteiger partial charge in [-0.05, 0) is 67.2 Å². The number of hydrogen-bond donors (Lipinski definition) is 2. The van der Waals surface area contributed by atoms with Crippen molar-refractivity contribution >= 4 is 0 Å². The minimum absolute atomic E-state index is 0.234. The fourth-order valence-corrected chi connectivity index (χ4v) is 5.64. The van der Waals surface area contributed by atoms with Gasteiger partial charge in [-0.3, -0.25) is 0 Å². The first-order valence-corrected chi connectivity index (χ1v) is 8.79. The Morgan fingerprint density at radius 1 is 0.545 bits per heavy atom. The molecule has 0 aromatic rings. The van der Waals surface area contributed by atoms with Crippen molar-refractivity contribution in [2.24, 2.45) is 11.8 Å². The molecule has 2 aliphatic heterocycles. The first-order valence-electron chi connectivity index (χ1n) is 8.79. The Hall–Kier alpha value is -0.160. The molecule has 0 spiro atoms. The van der Waals surface area contributed by atoms with Gasteiger partial charge in [0.25, 0.3) is 0 Å². The third-order valence-electron chi connectivity index (χ3n) is 6.22. The van der Waals surface area contributed by atoms with Crippen molar-refractivity contribution in [3.63, 3.8) is 0 Å². The summed E-state index contributed by atoms with van der Waals surface area (Å²) in [5.41, 5.74) is -0.936. The summed E-state index contributed by atoms with van der Waals surface area (Å²) in [5, 5.41) is 26.1. The van der Waals surface area contributed by atoms with Crippen molar-refractivity contribution < 1.29 is 10.1 Å². The van der Waals surface area contributed by atoms with E-state index in [4.69, 9.17) is 0 Å². The van der Waals surface area contributed by atoms with Gasteiger partial charge in [0.1, 0.15) is 0 Å². The molecule has 2 saturated heterocycles. The molecule has 0 saturated carbocycles. The van der Waals surface area contributed by atoms with Crippen molar-refractivity contribution in [2.75, 3.05) is 0 Å². The van der Waals surface area contributed by atoms with Crippen molar-refractivity contribution in [2.45, 2.75) is 103 Å². The second-order valence-electron chi connectivity index (χ2n) is 10.5. The highest BCUT2D eigenvalue weighted by Gasteiger charge is 2.52. The molecule has 4 heteroatoms. The number of piperidine rings is 2. The number of quaternary nitrogens is 2. The number of rotatable bonds is 1. The Kier molecular flexibility index (Phi) is 4.27. The van der Waals surface area contributed by atoms with Gasteiger partial charge in [0.15, 0.2) is 0 Å². The highest BCUT2D eigenvalue weighted by molar-refractivity contribution is 4.95. The molecular weight excluding hydrogens is 276 g/mol. The fraction of sp³-hybridized carbons (Fsp3) is 1.00. The molecule has 0 radical (unpaired) electrons. The predicted octanol–water partition coefficient (Wildman–Crippen LogP) is 1.69. The molecule has 2 heterocycles. The van der Waals surface area contributed by atoms with Crippen LogP contribution in [0.25, 0.3) is 0 Å². The van der Waals surface area contributed by atoms with E-state index in [1.807, 2.05) is 0 Å². The predicted molar refractivity (Wildman–Crippen MR) is 90.4 cm³/mol. The molecule has 4 nitrogen and oxygen atoms in total. The van der Waals surface area contributed by atoms with Crippen LogP contribution >= 0.6 is 0 Å². The molecule has 0 unspecified atom stereocenters. The Labute approximate surface area is 136 Å². The van der Waals surface area contributed by atoms with Crippen molar-refractivity contribution in [1.82, 2.24) is 0 Å². The van der Waals surface area contributed by atoms with Crippen LogP contribution in [-0.2, 0) is 0 Å². The van der Waals surface area contributed by atoms with E-state index in [0.29, 0.717) is 22.0 Å². The molecule has 2 rings (SSSR count). The van der Waals surface area contributed by atoms with Crippen molar-refractivity contribution in [3.05, 3.63) is 10.4 Å². The van der Waals surface area contributed by atoms with Gasteiger partial charge in [-0.1, -0.05) is 0 Å². The molecule has 22 heavy (non-hydrogen) atoms. The Morgan fingerprint density at radius 3 is 0.909 bits per heavy atom. The lowest BCUT2D eigenvalue weighted by Crippen LogP contribution is -3.24. The second-order valence-corrected chi connectivity index (χ2v) is 10.5. The lowest BCUT2D eigenvalue weighted by molar-refractivity contribution is -0.961. The zero-order chi connectivity index (χ0) is 17.1. The van der Waals surface area contributed by atoms with Crippen LogP contribution in [0.4, 0.5) is 0 Å². The van der Waals surface area contributed by atoms with Gasteiger partial charge in [-0.15, -0.1) is 0 Å². The highest BCUT2D eigenvalue weighted by atomic mass is 16.5. The molecule has 0 aromatic heterocycles. The molecule has 2 aliphatic rings. The maximum atomic E-state index is 12.6. The monoisotopic (exact) mass is 312 g/mol. The largest absolute Gasteiger partial charge is 0.634 e. The summed E-state index contributed by atoms with van der Waals surface area (Å²) in [7, 11) is 0. The van der Waals surface area contributed by atoms with Crippen molar-refractivity contribution in [3.8, 4) is 0 Å². The van der Waals surface area contributed by atoms with E-state index in [9.17, 15) is 10.4 Å². The molecule has 0 aromatic carbocycles. The van der Waals surface area contributed by atoms with Gasteiger partial charge >= 0.3 is 0 Å². The zero-order valence-corrected chi connectivity index (χ0v) is 15.8. The Bertz CT molecular complexity index is 353. The van der Waals surface area contributed by atoms with E-state index < -0.39 is 0 Å². The highest BCUT2D eigenvalue weighted by Crippen LogP contribution is 2.41. The van der Waals surface area contributed by atoms with Gasteiger partial charge in [-0.25, -0.2) is 0 Å². The molecule has 0 aliphatic carbocycles. The van der Waals surface area contributed by atoms with E-state index in [1.54, 1.807) is 0 Å². The normalized spacial score (nSPS) is 42.8. The van der Waals surface area contributed by atoms with E-state index in [1.165, 1.54) is 0 Å². The molecule has 2 N–H and O–H groups in total. The van der Waals surface area contributed by atoms with Gasteiger partial charge < -0.3 is 20.5 Å². The summed E-state index contributed by atoms with van der Waals surface area (Å²) < 4.78 is 0. The summed E-state index contributed by atoms with van der Waals surface area (Å²) >= 11 is 0. The van der Waals surface area contributed by atoms with Gasteiger partial charge in [-0.2, -0.15) is 0 Å². The third kappa shape index (κ3) is 3.08. The van der Waals surface area contributed by atoms with E-state index >= 15 is 0 Å². The third-order valence-corrected chi connectivity index (χ3v) is 6.22. The molecule has 0 amide bonds. The summed E-state index contributed by atoms with van der Waals surface area (Å²) in [6.07, 6.45) is 3.89. The van der Waals surface area contributed by atoms with Gasteiger partial charge in [0.2, 0.25) is 0 Å². The van der Waals surface area contributed by atoms with Crippen LogP contribution in [0, 0.1) is 22.3 Å². The van der Waals surface area contributed by atoms with Crippen molar-refractivity contribution in [1.29, 1.82) is 0 Å². The van der Waals surface area contributed by atoms with E-state index in [2.05, 4.69) is 55.4 Å². The van der Waals surface area contributed by atoms with Gasteiger partial charge in [0, 0.05) is 25.7 Å². The molecule has 130 valence electrons. The quantitative estimate of drug-likeness (QED) is 0.724.